The summed E-state index contributed by atoms with van der Waals surface area (Å²) in [5, 5.41) is 10.8. The van der Waals surface area contributed by atoms with Crippen molar-refractivity contribution in [3.05, 3.63) is 53.7 Å². The Kier molecular flexibility index (Phi) is 6.61. The number of nitrogen functional groups attached to an aromatic ring is 1. The molecule has 1 aromatic heterocycles. The highest BCUT2D eigenvalue weighted by Crippen LogP contribution is 2.27. The van der Waals surface area contributed by atoms with Crippen LogP contribution in [-0.4, -0.2) is 47.9 Å². The Morgan fingerprint density at radius 3 is 2.69 bits per heavy atom. The summed E-state index contributed by atoms with van der Waals surface area (Å²) in [5.41, 5.74) is 7.99. The minimum atomic E-state index is -0.366. The van der Waals surface area contributed by atoms with Crippen LogP contribution in [0.2, 0.25) is 0 Å². The first-order chi connectivity index (χ1) is 14.1. The molecule has 8 nitrogen and oxygen atoms in total. The van der Waals surface area contributed by atoms with Crippen LogP contribution in [0.4, 0.5) is 5.82 Å². The molecule has 2 aromatic carbocycles. The van der Waals surface area contributed by atoms with Crippen molar-refractivity contribution in [3.8, 4) is 17.2 Å². The molecule has 1 amide bonds. The molecule has 3 aromatic rings. The first kappa shape index (κ1) is 20.5. The van der Waals surface area contributed by atoms with Gasteiger partial charge >= 0.3 is 0 Å². The third kappa shape index (κ3) is 4.62. The molecule has 0 spiro atoms. The van der Waals surface area contributed by atoms with Crippen LogP contribution >= 0.6 is 11.8 Å². The maximum absolute atomic E-state index is 12.5. The van der Waals surface area contributed by atoms with Crippen molar-refractivity contribution in [2.45, 2.75) is 11.3 Å². The predicted octanol–water partition coefficient (Wildman–Crippen LogP) is 2.56. The minimum Gasteiger partial charge on any atom is -0.493 e. The normalized spacial score (nSPS) is 10.6. The van der Waals surface area contributed by atoms with Gasteiger partial charge in [0.25, 0.3) is 5.91 Å². The minimum absolute atomic E-state index is 0.104. The van der Waals surface area contributed by atoms with E-state index in [1.165, 1.54) is 4.68 Å². The number of rotatable bonds is 8. The second kappa shape index (κ2) is 9.33. The van der Waals surface area contributed by atoms with Crippen LogP contribution < -0.4 is 20.5 Å². The monoisotopic (exact) mass is 413 g/mol. The van der Waals surface area contributed by atoms with Crippen LogP contribution in [0.25, 0.3) is 5.69 Å². The van der Waals surface area contributed by atoms with Crippen LogP contribution in [0.1, 0.15) is 16.1 Å². The number of anilines is 1. The summed E-state index contributed by atoms with van der Waals surface area (Å²) < 4.78 is 12.0. The van der Waals surface area contributed by atoms with Crippen molar-refractivity contribution in [1.82, 2.24) is 20.3 Å². The molecule has 1 heterocycles. The number of benzene rings is 2. The topological polar surface area (TPSA) is 104 Å². The van der Waals surface area contributed by atoms with E-state index in [2.05, 4.69) is 15.6 Å². The second-order valence-electron chi connectivity index (χ2n) is 6.13. The van der Waals surface area contributed by atoms with Gasteiger partial charge in [0.15, 0.2) is 23.0 Å². The average Bonchev–Trinajstić information content (AvgIpc) is 3.14. The fourth-order valence-corrected chi connectivity index (χ4v) is 3.28. The number of thioether (sulfide) groups is 1. The van der Waals surface area contributed by atoms with Gasteiger partial charge in [-0.25, -0.2) is 0 Å². The van der Waals surface area contributed by atoms with Crippen LogP contribution in [0, 0.1) is 0 Å². The van der Waals surface area contributed by atoms with Gasteiger partial charge in [-0.05, 0) is 48.6 Å². The Balaban J connectivity index is 1.65. The van der Waals surface area contributed by atoms with E-state index in [4.69, 9.17) is 15.2 Å². The highest BCUT2D eigenvalue weighted by molar-refractivity contribution is 7.98. The first-order valence-electron chi connectivity index (χ1n) is 8.92. The van der Waals surface area contributed by atoms with Crippen LogP contribution in [0.5, 0.6) is 11.5 Å². The van der Waals surface area contributed by atoms with Crippen molar-refractivity contribution in [1.29, 1.82) is 0 Å². The van der Waals surface area contributed by atoms with Crippen LogP contribution in [0.15, 0.2) is 47.4 Å². The van der Waals surface area contributed by atoms with Crippen molar-refractivity contribution < 1.29 is 14.3 Å². The van der Waals surface area contributed by atoms with Crippen molar-refractivity contribution in [2.75, 3.05) is 32.8 Å². The van der Waals surface area contributed by atoms with Crippen LogP contribution in [0.3, 0.4) is 0 Å². The van der Waals surface area contributed by atoms with Gasteiger partial charge in [-0.15, -0.1) is 16.9 Å². The Hall–Kier alpha value is -3.20. The Bertz CT molecular complexity index is 1010. The molecule has 0 unspecified atom stereocenters. The number of nitrogens with zero attached hydrogens (tertiary/aromatic N) is 3. The van der Waals surface area contributed by atoms with Gasteiger partial charge in [0.1, 0.15) is 0 Å². The lowest BCUT2D eigenvalue weighted by Crippen LogP contribution is -2.27. The Labute approximate surface area is 173 Å². The summed E-state index contributed by atoms with van der Waals surface area (Å²) in [4.78, 5) is 13.6. The highest BCUT2D eigenvalue weighted by Gasteiger charge is 2.18. The van der Waals surface area contributed by atoms with Gasteiger partial charge in [0, 0.05) is 11.4 Å². The molecule has 29 heavy (non-hydrogen) atoms. The van der Waals surface area contributed by atoms with E-state index >= 15 is 0 Å². The Morgan fingerprint density at radius 2 is 1.97 bits per heavy atom. The molecule has 0 saturated carbocycles. The molecule has 0 aliphatic rings. The number of methoxy groups -OCH3 is 2. The van der Waals surface area contributed by atoms with E-state index in [1.807, 2.05) is 48.7 Å². The van der Waals surface area contributed by atoms with Gasteiger partial charge in [-0.1, -0.05) is 17.3 Å². The second-order valence-corrected chi connectivity index (χ2v) is 7.01. The molecule has 3 N–H and O–H groups in total. The quantitative estimate of drug-likeness (QED) is 0.547. The lowest BCUT2D eigenvalue weighted by molar-refractivity contribution is 0.0950. The standard InChI is InChI=1S/C20H23N5O3S/c1-27-16-8-7-13(11-17(16)28-2)9-10-22-20(26)18-19(21)25(24-23-18)14-5-4-6-15(12-14)29-3/h4-8,11-12H,9-10,21H2,1-3H3,(H,22,26). The molecular weight excluding hydrogens is 390 g/mol. The zero-order chi connectivity index (χ0) is 20.8. The summed E-state index contributed by atoms with van der Waals surface area (Å²) in [6, 6.07) is 13.3. The third-order valence-electron chi connectivity index (χ3n) is 4.37. The highest BCUT2D eigenvalue weighted by atomic mass is 32.2. The molecule has 152 valence electrons. The third-order valence-corrected chi connectivity index (χ3v) is 5.09. The fourth-order valence-electron chi connectivity index (χ4n) is 2.82. The SMILES string of the molecule is COc1ccc(CCNC(=O)c2nnn(-c3cccc(SC)c3)c2N)cc1OC. The summed E-state index contributed by atoms with van der Waals surface area (Å²) in [6.45, 7) is 0.419. The van der Waals surface area contributed by atoms with Crippen molar-refractivity contribution in [2.24, 2.45) is 0 Å². The lowest BCUT2D eigenvalue weighted by Gasteiger charge is -2.10. The number of aromatic nitrogens is 3. The number of nitrogens with two attached hydrogens (primary N) is 1. The average molecular weight is 414 g/mol. The van der Waals surface area contributed by atoms with Gasteiger partial charge in [-0.2, -0.15) is 4.68 Å². The molecule has 0 aliphatic heterocycles. The molecule has 3 rings (SSSR count). The number of amides is 1. The molecule has 0 bridgehead atoms. The predicted molar refractivity (Wildman–Crippen MR) is 113 cm³/mol. The van der Waals surface area contributed by atoms with E-state index in [1.54, 1.807) is 26.0 Å². The Morgan fingerprint density at radius 1 is 1.17 bits per heavy atom. The van der Waals surface area contributed by atoms with E-state index < -0.39 is 0 Å². The lowest BCUT2D eigenvalue weighted by atomic mass is 10.1. The zero-order valence-corrected chi connectivity index (χ0v) is 17.3. The molecule has 0 atom stereocenters. The summed E-state index contributed by atoms with van der Waals surface area (Å²) in [7, 11) is 3.18. The van der Waals surface area contributed by atoms with Gasteiger partial charge in [0.2, 0.25) is 0 Å². The molecule has 0 saturated heterocycles. The molecule has 9 heteroatoms. The van der Waals surface area contributed by atoms with E-state index in [9.17, 15) is 4.79 Å². The number of nitrogens with one attached hydrogen (secondary N) is 1. The first-order valence-corrected chi connectivity index (χ1v) is 10.1. The molecule has 0 aliphatic carbocycles. The number of ether oxygens (including phenoxy) is 2. The van der Waals surface area contributed by atoms with E-state index in [0.29, 0.717) is 24.5 Å². The number of carbonyl (C=O) groups excluding carboxylic acids is 1. The van der Waals surface area contributed by atoms with Crippen molar-refractivity contribution >= 4 is 23.5 Å². The smallest absolute Gasteiger partial charge is 0.275 e. The summed E-state index contributed by atoms with van der Waals surface area (Å²) in [6.07, 6.45) is 2.61. The number of hydrogen-bond donors (Lipinski definition) is 2. The maximum Gasteiger partial charge on any atom is 0.275 e. The largest absolute Gasteiger partial charge is 0.493 e. The molecular formula is C20H23N5O3S. The van der Waals surface area contributed by atoms with Gasteiger partial charge in [-0.3, -0.25) is 4.79 Å². The summed E-state index contributed by atoms with van der Waals surface area (Å²) >= 11 is 1.61. The van der Waals surface area contributed by atoms with Gasteiger partial charge < -0.3 is 20.5 Å². The molecule has 0 fully saturated rings. The molecule has 0 radical (unpaired) electrons. The maximum atomic E-state index is 12.5. The van der Waals surface area contributed by atoms with Gasteiger partial charge in [0.05, 0.1) is 19.9 Å². The number of hydrogen-bond acceptors (Lipinski definition) is 7. The van der Waals surface area contributed by atoms with E-state index in [-0.39, 0.29) is 17.4 Å². The zero-order valence-electron chi connectivity index (χ0n) is 16.5. The van der Waals surface area contributed by atoms with Crippen LogP contribution in [-0.2, 0) is 6.42 Å². The van der Waals surface area contributed by atoms with E-state index in [0.717, 1.165) is 16.1 Å². The van der Waals surface area contributed by atoms with Crippen molar-refractivity contribution in [3.63, 3.8) is 0 Å². The fraction of sp³-hybridized carbons (Fsp3) is 0.250. The number of carbonyl (C=O) groups is 1. The summed E-state index contributed by atoms with van der Waals surface area (Å²) in [5.74, 6) is 1.15.